The molecular formula is C16H15BrN2O2. The van der Waals surface area contributed by atoms with Crippen LogP contribution in [0.3, 0.4) is 0 Å². The molecular weight excluding hydrogens is 332 g/mol. The minimum Gasteiger partial charge on any atom is -0.384 e. The third-order valence-corrected chi connectivity index (χ3v) is 4.35. The lowest BCUT2D eigenvalue weighted by Gasteiger charge is -2.16. The largest absolute Gasteiger partial charge is 0.384 e. The van der Waals surface area contributed by atoms with E-state index in [-0.39, 0.29) is 5.69 Å². The molecule has 0 aliphatic carbocycles. The van der Waals surface area contributed by atoms with Gasteiger partial charge in [0.25, 0.3) is 0 Å². The van der Waals surface area contributed by atoms with E-state index in [0.29, 0.717) is 11.0 Å². The molecule has 0 bridgehead atoms. The fourth-order valence-corrected chi connectivity index (χ4v) is 3.13. The zero-order valence-corrected chi connectivity index (χ0v) is 13.1. The van der Waals surface area contributed by atoms with Crippen LogP contribution in [0.1, 0.15) is 29.7 Å². The molecule has 21 heavy (non-hydrogen) atoms. The van der Waals surface area contributed by atoms with Crippen LogP contribution in [0.15, 0.2) is 45.7 Å². The number of nitrogens with one attached hydrogen (secondary N) is 2. The van der Waals surface area contributed by atoms with Gasteiger partial charge in [-0.05, 0) is 29.7 Å². The second kappa shape index (κ2) is 5.50. The highest BCUT2D eigenvalue weighted by Gasteiger charge is 2.17. The van der Waals surface area contributed by atoms with Crippen LogP contribution in [0.5, 0.6) is 0 Å². The smallest absolute Gasteiger partial charge is 0.323 e. The highest BCUT2D eigenvalue weighted by molar-refractivity contribution is 9.10. The molecule has 3 rings (SSSR count). The number of aliphatic hydroxyl groups is 1. The maximum Gasteiger partial charge on any atom is 0.323 e. The van der Waals surface area contributed by atoms with Crippen LogP contribution < -0.4 is 5.69 Å². The number of hydrogen-bond acceptors (Lipinski definition) is 2. The number of imidazole rings is 1. The second-order valence-corrected chi connectivity index (χ2v) is 5.81. The van der Waals surface area contributed by atoms with Crippen LogP contribution in [0.2, 0.25) is 0 Å². The fraction of sp³-hybridized carbons (Fsp3) is 0.188. The van der Waals surface area contributed by atoms with Crippen molar-refractivity contribution in [2.75, 3.05) is 0 Å². The monoisotopic (exact) mass is 346 g/mol. The van der Waals surface area contributed by atoms with Gasteiger partial charge in [-0.15, -0.1) is 0 Å². The molecule has 0 fully saturated rings. The summed E-state index contributed by atoms with van der Waals surface area (Å²) in [5.74, 6) is 0. The summed E-state index contributed by atoms with van der Waals surface area (Å²) in [7, 11) is 0. The van der Waals surface area contributed by atoms with Gasteiger partial charge in [0.1, 0.15) is 6.10 Å². The Hall–Kier alpha value is -1.85. The number of H-pyrrole nitrogens is 2. The lowest BCUT2D eigenvalue weighted by Crippen LogP contribution is -2.04. The van der Waals surface area contributed by atoms with E-state index in [2.05, 4.69) is 32.8 Å². The molecule has 4 nitrogen and oxygen atoms in total. The van der Waals surface area contributed by atoms with E-state index in [1.54, 1.807) is 12.1 Å². The Balaban J connectivity index is 2.14. The summed E-state index contributed by atoms with van der Waals surface area (Å²) in [4.78, 5) is 16.8. The topological polar surface area (TPSA) is 68.9 Å². The Morgan fingerprint density at radius 1 is 1.14 bits per heavy atom. The Labute approximate surface area is 130 Å². The molecule has 2 aromatic carbocycles. The molecule has 0 aliphatic heterocycles. The van der Waals surface area contributed by atoms with Gasteiger partial charge in [-0.25, -0.2) is 4.79 Å². The van der Waals surface area contributed by atoms with Gasteiger partial charge in [0.05, 0.1) is 11.0 Å². The SMILES string of the molecule is CCc1ccccc1C(O)c1cc2[nH]c(=O)[nH]c2cc1Br. The summed E-state index contributed by atoms with van der Waals surface area (Å²) in [5, 5.41) is 10.7. The first-order chi connectivity index (χ1) is 10.1. The lowest BCUT2D eigenvalue weighted by molar-refractivity contribution is 0.218. The number of hydrogen-bond donors (Lipinski definition) is 3. The Bertz CT molecular complexity index is 851. The zero-order valence-electron chi connectivity index (χ0n) is 11.5. The summed E-state index contributed by atoms with van der Waals surface area (Å²) in [6, 6.07) is 11.4. The van der Waals surface area contributed by atoms with Crippen LogP contribution in [-0.4, -0.2) is 15.1 Å². The Morgan fingerprint density at radius 2 is 1.81 bits per heavy atom. The van der Waals surface area contributed by atoms with Crippen LogP contribution in [-0.2, 0) is 6.42 Å². The third-order valence-electron chi connectivity index (χ3n) is 3.66. The van der Waals surface area contributed by atoms with E-state index in [1.165, 1.54) is 0 Å². The zero-order chi connectivity index (χ0) is 15.0. The van der Waals surface area contributed by atoms with E-state index in [0.717, 1.165) is 27.6 Å². The van der Waals surface area contributed by atoms with Crippen molar-refractivity contribution in [1.29, 1.82) is 0 Å². The molecule has 1 atom stereocenters. The van der Waals surface area contributed by atoms with Crippen molar-refractivity contribution >= 4 is 27.0 Å². The summed E-state index contributed by atoms with van der Waals surface area (Å²) in [6.07, 6.45) is 0.118. The molecule has 1 unspecified atom stereocenters. The number of rotatable bonds is 3. The van der Waals surface area contributed by atoms with Crippen molar-refractivity contribution in [2.45, 2.75) is 19.4 Å². The minimum absolute atomic E-state index is 0.252. The van der Waals surface area contributed by atoms with E-state index >= 15 is 0 Å². The number of aromatic nitrogens is 2. The average molecular weight is 347 g/mol. The number of benzene rings is 2. The van der Waals surface area contributed by atoms with Crippen LogP contribution >= 0.6 is 15.9 Å². The molecule has 108 valence electrons. The molecule has 0 saturated heterocycles. The molecule has 0 spiro atoms. The standard InChI is InChI=1S/C16H15BrN2O2/c1-2-9-5-3-4-6-10(9)15(20)11-7-13-14(8-12(11)17)19-16(21)18-13/h3-8,15,20H,2H2,1H3,(H2,18,19,21). The van der Waals surface area contributed by atoms with Crippen molar-refractivity contribution in [3.8, 4) is 0 Å². The number of halogens is 1. The molecule has 0 saturated carbocycles. The average Bonchev–Trinajstić information content (AvgIpc) is 2.84. The lowest BCUT2D eigenvalue weighted by atomic mass is 9.95. The molecule has 1 aromatic heterocycles. The Kier molecular flexibility index (Phi) is 3.69. The predicted octanol–water partition coefficient (Wildman–Crippen LogP) is 3.26. The van der Waals surface area contributed by atoms with Crippen LogP contribution in [0.25, 0.3) is 11.0 Å². The van der Waals surface area contributed by atoms with Gasteiger partial charge in [-0.1, -0.05) is 47.1 Å². The van der Waals surface area contributed by atoms with Gasteiger partial charge < -0.3 is 15.1 Å². The van der Waals surface area contributed by atoms with Crippen molar-refractivity contribution in [3.05, 3.63) is 68.0 Å². The number of aromatic amines is 2. The summed E-state index contributed by atoms with van der Waals surface area (Å²) >= 11 is 3.48. The highest BCUT2D eigenvalue weighted by atomic mass is 79.9. The molecule has 0 aliphatic rings. The van der Waals surface area contributed by atoms with E-state index in [9.17, 15) is 9.90 Å². The Morgan fingerprint density at radius 3 is 2.52 bits per heavy atom. The first-order valence-electron chi connectivity index (χ1n) is 6.77. The van der Waals surface area contributed by atoms with Crippen molar-refractivity contribution < 1.29 is 5.11 Å². The first kappa shape index (κ1) is 14.1. The third kappa shape index (κ3) is 2.54. The van der Waals surface area contributed by atoms with Gasteiger partial charge in [-0.3, -0.25) is 0 Å². The highest BCUT2D eigenvalue weighted by Crippen LogP contribution is 2.32. The minimum atomic E-state index is -0.738. The molecule has 3 aromatic rings. The van der Waals surface area contributed by atoms with Crippen LogP contribution in [0.4, 0.5) is 0 Å². The predicted molar refractivity (Wildman–Crippen MR) is 86.5 cm³/mol. The molecule has 0 amide bonds. The van der Waals surface area contributed by atoms with E-state index in [1.807, 2.05) is 24.3 Å². The van der Waals surface area contributed by atoms with Gasteiger partial charge in [-0.2, -0.15) is 0 Å². The van der Waals surface area contributed by atoms with Crippen molar-refractivity contribution in [1.82, 2.24) is 9.97 Å². The summed E-state index contributed by atoms with van der Waals surface area (Å²) in [6.45, 7) is 2.06. The quantitative estimate of drug-likeness (QED) is 0.681. The van der Waals surface area contributed by atoms with Gasteiger partial charge in [0, 0.05) is 10.0 Å². The number of aryl methyl sites for hydroxylation is 1. The number of aliphatic hydroxyl groups excluding tert-OH is 1. The van der Waals surface area contributed by atoms with Crippen LogP contribution in [0, 0.1) is 0 Å². The normalized spacial score (nSPS) is 12.7. The maximum absolute atomic E-state index is 11.4. The molecule has 1 heterocycles. The second-order valence-electron chi connectivity index (χ2n) is 4.95. The van der Waals surface area contributed by atoms with Crippen molar-refractivity contribution in [3.63, 3.8) is 0 Å². The van der Waals surface area contributed by atoms with E-state index in [4.69, 9.17) is 0 Å². The summed E-state index contributed by atoms with van der Waals surface area (Å²) in [5.41, 5.74) is 3.88. The first-order valence-corrected chi connectivity index (χ1v) is 7.56. The fourth-order valence-electron chi connectivity index (χ4n) is 2.57. The van der Waals surface area contributed by atoms with Crippen molar-refractivity contribution in [2.24, 2.45) is 0 Å². The van der Waals surface area contributed by atoms with E-state index < -0.39 is 6.10 Å². The molecule has 0 radical (unpaired) electrons. The van der Waals surface area contributed by atoms with Gasteiger partial charge in [0.15, 0.2) is 0 Å². The maximum atomic E-state index is 11.4. The molecule has 3 N–H and O–H groups in total. The summed E-state index contributed by atoms with van der Waals surface area (Å²) < 4.78 is 0.767. The number of fused-ring (bicyclic) bond motifs is 1. The molecule has 5 heteroatoms. The van der Waals surface area contributed by atoms with Gasteiger partial charge in [0.2, 0.25) is 0 Å². The van der Waals surface area contributed by atoms with Gasteiger partial charge >= 0.3 is 5.69 Å².